The molecule has 26 atom stereocenters. The van der Waals surface area contributed by atoms with Crippen LogP contribution in [0.2, 0.25) is 0 Å². The molecule has 12 rings (SSSR count). The number of fused-ring (bicyclic) bond motifs is 15. The number of nitriles is 2. The lowest BCUT2D eigenvalue weighted by molar-refractivity contribution is -0.170. The van der Waals surface area contributed by atoms with Gasteiger partial charge in [0, 0.05) is 31.7 Å². The minimum Gasteiger partial charge on any atom is -0.390 e. The molecule has 0 bridgehead atoms. The van der Waals surface area contributed by atoms with Crippen LogP contribution in [-0.2, 0) is 19.0 Å². The fraction of sp³-hybridized carbons (Fsp3) is 0.957. The Morgan fingerprint density at radius 3 is 1.08 bits per heavy atom. The molecule has 0 heterocycles. The van der Waals surface area contributed by atoms with Crippen molar-refractivity contribution in [3.8, 4) is 12.1 Å². The number of nitrogens with zero attached hydrogens (tertiary/aromatic N) is 2. The second kappa shape index (κ2) is 25.9. The summed E-state index contributed by atoms with van der Waals surface area (Å²) in [5, 5.41) is 50.9. The van der Waals surface area contributed by atoms with Gasteiger partial charge in [-0.2, -0.15) is 10.5 Å². The Balaban J connectivity index is 0.000000211. The van der Waals surface area contributed by atoms with Gasteiger partial charge in [-0.3, -0.25) is 4.79 Å². The van der Waals surface area contributed by atoms with Crippen molar-refractivity contribution in [2.45, 2.75) is 290 Å². The lowest BCUT2D eigenvalue weighted by Gasteiger charge is -2.61. The van der Waals surface area contributed by atoms with Crippen LogP contribution in [0.5, 0.6) is 0 Å². The zero-order chi connectivity index (χ0) is 52.8. The highest BCUT2D eigenvalue weighted by atomic mass is 16.5. The predicted octanol–water partition coefficient (Wildman–Crippen LogP) is 16.2. The Morgan fingerprint density at radius 2 is 0.747 bits per heavy atom. The van der Waals surface area contributed by atoms with Crippen LogP contribution in [-0.4, -0.2) is 77.5 Å². The normalized spacial score (nSPS) is 51.2. The molecule has 0 radical (unpaired) electrons. The first-order valence-corrected chi connectivity index (χ1v) is 31.5. The SMILES string of the molecule is C.C.C.C.C.CCO[C@H]1C[C@@]2(C)[C@@H](CC[C@@H]3[C@@H]2CC[C@]2(C)C(=O)CC[C@@H]32)C[C@@H]1O.CCO[C@H]1C[C@@]2(C)[C@@H](CC[C@@H]3[C@@H]2CC[C@]2(C)[C@@H](C#N)CC[C@@H]32)C[C@@H]1O.CCO[C@H]1C[C@@]2(C)[C@@H](CC[C@@H]3[C@@H]2CC[C@]2(C)[C@H](C#N)CC[C@@H]32)C[C@@H]1O. The molecule has 0 aromatic carbocycles. The number of aliphatic hydroxyl groups excluding tert-OH is 3. The number of hydrogen-bond donors (Lipinski definition) is 3. The molecular weight excluding hydrogens is 981 g/mol. The molecular formula is C70H124N2O7. The summed E-state index contributed by atoms with van der Waals surface area (Å²) in [6.45, 7) is 22.8. The quantitative estimate of drug-likeness (QED) is 0.236. The van der Waals surface area contributed by atoms with Gasteiger partial charge in [-0.25, -0.2) is 0 Å². The summed E-state index contributed by atoms with van der Waals surface area (Å²) >= 11 is 0. The minimum atomic E-state index is -0.290. The molecule has 9 heteroatoms. The molecule has 0 unspecified atom stereocenters. The van der Waals surface area contributed by atoms with Crippen LogP contribution in [0.1, 0.15) is 254 Å². The summed E-state index contributed by atoms with van der Waals surface area (Å²) in [4.78, 5) is 12.5. The van der Waals surface area contributed by atoms with Crippen molar-refractivity contribution in [1.29, 1.82) is 10.5 Å². The predicted molar refractivity (Wildman–Crippen MR) is 322 cm³/mol. The third-order valence-electron chi connectivity index (χ3n) is 27.1. The van der Waals surface area contributed by atoms with Crippen LogP contribution < -0.4 is 0 Å². The zero-order valence-corrected chi connectivity index (χ0v) is 48.0. The summed E-state index contributed by atoms with van der Waals surface area (Å²) in [6, 6.07) is 5.28. The molecule has 0 aromatic rings. The van der Waals surface area contributed by atoms with Gasteiger partial charge < -0.3 is 29.5 Å². The highest BCUT2D eigenvalue weighted by Gasteiger charge is 2.65. The van der Waals surface area contributed by atoms with E-state index in [9.17, 15) is 30.6 Å². The topological polar surface area (TPSA) is 153 Å². The maximum absolute atomic E-state index is 12.5. The van der Waals surface area contributed by atoms with E-state index >= 15 is 0 Å². The number of Topliss-reactive ketones (excluding diaryl/α,β-unsaturated/α-hetero) is 1. The van der Waals surface area contributed by atoms with Crippen molar-refractivity contribution in [3.05, 3.63) is 0 Å². The van der Waals surface area contributed by atoms with Crippen LogP contribution in [0, 0.1) is 138 Å². The van der Waals surface area contributed by atoms with E-state index in [1.54, 1.807) is 0 Å². The maximum Gasteiger partial charge on any atom is 0.139 e. The first-order valence-electron chi connectivity index (χ1n) is 31.5. The molecule has 0 aliphatic heterocycles. The average Bonchev–Trinajstić information content (AvgIpc) is 4.28. The Morgan fingerprint density at radius 1 is 0.430 bits per heavy atom. The Labute approximate surface area is 486 Å². The van der Waals surface area contributed by atoms with Gasteiger partial charge in [-0.05, 0) is 267 Å². The Hall–Kier alpha value is -1.59. The third-order valence-corrected chi connectivity index (χ3v) is 27.1. The van der Waals surface area contributed by atoms with Gasteiger partial charge in [-0.1, -0.05) is 78.7 Å². The molecule has 12 saturated carbocycles. The van der Waals surface area contributed by atoms with E-state index in [0.717, 1.165) is 112 Å². The molecule has 0 amide bonds. The molecule has 0 spiro atoms. The van der Waals surface area contributed by atoms with Gasteiger partial charge in [0.25, 0.3) is 0 Å². The summed E-state index contributed by atoms with van der Waals surface area (Å²) in [6.07, 6.45) is 26.6. The highest BCUT2D eigenvalue weighted by Crippen LogP contribution is 2.70. The second-order valence-corrected chi connectivity index (χ2v) is 29.5. The fourth-order valence-corrected chi connectivity index (χ4v) is 23.1. The second-order valence-electron chi connectivity index (χ2n) is 29.5. The fourth-order valence-electron chi connectivity index (χ4n) is 23.1. The maximum atomic E-state index is 12.5. The standard InChI is InChI=1S/2C22H35NO2.C21H34O3.5CH4/c2*1-4-25-20-12-22(3)14(11-19(20)24)5-7-16-17-8-6-15(13-23)21(17,2)10-9-18(16)22;1-4-24-18-12-21(3)13(11-17(18)22)5-6-14-15-7-8-19(23)20(15,2)10-9-16(14)21;;;;;/h2*14-20,24H,4-12H2,1-3H3;13-18,22H,4-12H2,1-3H3;5*1H4/t14-,15+,16-,17-,18-,19-,20-,21+,22-;14-,15-,16-,17-,18-,19-,20-,21+,22-;13-,14-,15-,16-,17-,18-,20-,21-;;;;;/m000...../s1. The molecule has 12 aliphatic rings. The Bertz CT molecular complexity index is 1990. The van der Waals surface area contributed by atoms with E-state index in [2.05, 4.69) is 53.7 Å². The van der Waals surface area contributed by atoms with Crippen LogP contribution in [0.15, 0.2) is 0 Å². The summed E-state index contributed by atoms with van der Waals surface area (Å²) in [7, 11) is 0. The number of ether oxygens (including phenoxy) is 3. The van der Waals surface area contributed by atoms with Crippen LogP contribution >= 0.6 is 0 Å². The van der Waals surface area contributed by atoms with Crippen molar-refractivity contribution in [2.24, 2.45) is 115 Å². The van der Waals surface area contributed by atoms with E-state index in [1.165, 1.54) is 83.5 Å². The number of hydrogen-bond acceptors (Lipinski definition) is 9. The molecule has 79 heavy (non-hydrogen) atoms. The first-order chi connectivity index (χ1) is 35.3. The van der Waals surface area contributed by atoms with Gasteiger partial charge in [0.2, 0.25) is 0 Å². The van der Waals surface area contributed by atoms with Gasteiger partial charge in [-0.15, -0.1) is 0 Å². The summed E-state index contributed by atoms with van der Waals surface area (Å²) < 4.78 is 17.8. The number of carbonyl (C=O) groups excluding carboxylic acids is 1. The zero-order valence-electron chi connectivity index (χ0n) is 48.0. The highest BCUT2D eigenvalue weighted by molar-refractivity contribution is 5.87. The molecule has 9 nitrogen and oxygen atoms in total. The lowest BCUT2D eigenvalue weighted by Crippen LogP contribution is -2.57. The summed E-state index contributed by atoms with van der Waals surface area (Å²) in [5.74, 6) is 9.64. The number of aliphatic hydroxyl groups is 3. The van der Waals surface area contributed by atoms with Crippen LogP contribution in [0.3, 0.4) is 0 Å². The van der Waals surface area contributed by atoms with Crippen molar-refractivity contribution in [1.82, 2.24) is 0 Å². The monoisotopic (exact) mass is 1100 g/mol. The van der Waals surface area contributed by atoms with Crippen molar-refractivity contribution in [3.63, 3.8) is 0 Å². The molecule has 0 saturated heterocycles. The van der Waals surface area contributed by atoms with Crippen molar-refractivity contribution >= 4 is 5.78 Å². The van der Waals surface area contributed by atoms with E-state index in [-0.39, 0.29) is 107 Å². The minimum absolute atomic E-state index is 0. The average molecular weight is 1110 g/mol. The molecule has 0 aromatic heterocycles. The van der Waals surface area contributed by atoms with E-state index in [0.29, 0.717) is 66.0 Å². The van der Waals surface area contributed by atoms with Gasteiger partial charge in [0.15, 0.2) is 0 Å². The first kappa shape index (κ1) is 68.2. The smallest absolute Gasteiger partial charge is 0.139 e. The van der Waals surface area contributed by atoms with Gasteiger partial charge in [0.1, 0.15) is 5.78 Å². The Kier molecular flexibility index (Phi) is 22.4. The van der Waals surface area contributed by atoms with Gasteiger partial charge >= 0.3 is 0 Å². The van der Waals surface area contributed by atoms with E-state index in [1.807, 2.05) is 20.8 Å². The largest absolute Gasteiger partial charge is 0.390 e. The van der Waals surface area contributed by atoms with Crippen LogP contribution in [0.25, 0.3) is 0 Å². The third kappa shape index (κ3) is 11.2. The molecule has 12 fully saturated rings. The van der Waals surface area contributed by atoms with E-state index in [4.69, 9.17) is 14.2 Å². The summed E-state index contributed by atoms with van der Waals surface area (Å²) in [5.41, 5.74) is 1.40. The number of rotatable bonds is 6. The number of ketones is 1. The van der Waals surface area contributed by atoms with E-state index < -0.39 is 0 Å². The molecule has 12 aliphatic carbocycles. The van der Waals surface area contributed by atoms with Crippen molar-refractivity contribution < 1.29 is 34.3 Å². The van der Waals surface area contributed by atoms with Crippen molar-refractivity contribution in [2.75, 3.05) is 19.8 Å². The number of carbonyl (C=O) groups is 1. The van der Waals surface area contributed by atoms with Gasteiger partial charge in [0.05, 0.1) is 60.6 Å². The van der Waals surface area contributed by atoms with Crippen LogP contribution in [0.4, 0.5) is 0 Å². The molecule has 456 valence electrons. The lowest BCUT2D eigenvalue weighted by atomic mass is 9.44. The molecule has 3 N–H and O–H groups in total.